The molecule has 0 saturated heterocycles. The van der Waals surface area contributed by atoms with Crippen LogP contribution >= 0.6 is 22.9 Å². The second-order valence-corrected chi connectivity index (χ2v) is 9.15. The molecule has 2 aromatic carbocycles. The van der Waals surface area contributed by atoms with E-state index in [0.717, 1.165) is 11.3 Å². The number of aromatic nitrogens is 3. The van der Waals surface area contributed by atoms with Crippen molar-refractivity contribution in [3.63, 3.8) is 0 Å². The van der Waals surface area contributed by atoms with Gasteiger partial charge in [-0.25, -0.2) is 15.0 Å². The fourth-order valence-electron chi connectivity index (χ4n) is 3.69. The summed E-state index contributed by atoms with van der Waals surface area (Å²) in [5.74, 6) is -0.0667. The van der Waals surface area contributed by atoms with E-state index in [0.29, 0.717) is 37.4 Å². The molecule has 0 aliphatic carbocycles. The molecule has 0 bridgehead atoms. The Morgan fingerprint density at radius 2 is 1.78 bits per heavy atom. The third-order valence-corrected chi connectivity index (χ3v) is 6.59. The molecule has 0 atom stereocenters. The zero-order chi connectivity index (χ0) is 25.9. The quantitative estimate of drug-likeness (QED) is 0.296. The number of nitriles is 2. The lowest BCUT2D eigenvalue weighted by molar-refractivity contribution is 0.102. The predicted molar refractivity (Wildman–Crippen MR) is 141 cm³/mol. The number of pyridine rings is 2. The third kappa shape index (κ3) is 4.82. The Hall–Kier alpha value is -4.83. The van der Waals surface area contributed by atoms with Gasteiger partial charge in [-0.05, 0) is 54.6 Å². The minimum Gasteiger partial charge on any atom is -0.496 e. The average molecular weight is 523 g/mol. The van der Waals surface area contributed by atoms with E-state index in [1.54, 1.807) is 30.3 Å². The highest BCUT2D eigenvalue weighted by Crippen LogP contribution is 2.33. The highest BCUT2D eigenvalue weighted by molar-refractivity contribution is 7.22. The molecule has 3 aromatic heterocycles. The summed E-state index contributed by atoms with van der Waals surface area (Å²) in [6, 6.07) is 22.9. The van der Waals surface area contributed by atoms with Crippen molar-refractivity contribution in [2.45, 2.75) is 0 Å². The summed E-state index contributed by atoms with van der Waals surface area (Å²) >= 11 is 7.22. The maximum atomic E-state index is 13.4. The van der Waals surface area contributed by atoms with Gasteiger partial charge in [-0.1, -0.05) is 35.1 Å². The van der Waals surface area contributed by atoms with Gasteiger partial charge in [0, 0.05) is 16.1 Å². The number of thiazole rings is 1. The van der Waals surface area contributed by atoms with Crippen LogP contribution in [-0.4, -0.2) is 28.0 Å². The molecule has 0 aliphatic heterocycles. The van der Waals surface area contributed by atoms with Crippen LogP contribution in [0.4, 0.5) is 5.13 Å². The molecule has 178 valence electrons. The van der Waals surface area contributed by atoms with Crippen molar-refractivity contribution in [3.05, 3.63) is 88.6 Å². The number of carbonyl (C=O) groups is 1. The van der Waals surface area contributed by atoms with Crippen LogP contribution in [0.1, 0.15) is 21.6 Å². The normalized spacial score (nSPS) is 10.5. The topological polar surface area (TPSA) is 125 Å². The van der Waals surface area contributed by atoms with Crippen LogP contribution in [0.25, 0.3) is 32.9 Å². The lowest BCUT2D eigenvalue weighted by atomic mass is 10.0. The smallest absolute Gasteiger partial charge is 0.259 e. The van der Waals surface area contributed by atoms with Crippen LogP contribution in [0.3, 0.4) is 0 Å². The number of anilines is 1. The summed E-state index contributed by atoms with van der Waals surface area (Å²) in [4.78, 5) is 27.5. The van der Waals surface area contributed by atoms with E-state index in [1.807, 2.05) is 30.3 Å². The van der Waals surface area contributed by atoms with Crippen molar-refractivity contribution >= 4 is 44.3 Å². The second kappa shape index (κ2) is 10.0. The first-order chi connectivity index (χ1) is 18.0. The number of nitrogens with one attached hydrogen (secondary N) is 1. The fraction of sp³-hybridized carbons (Fsp3) is 0.0370. The number of ether oxygens (including phenoxy) is 1. The second-order valence-electron chi connectivity index (χ2n) is 7.73. The lowest BCUT2D eigenvalue weighted by Gasteiger charge is -2.12. The first-order valence-electron chi connectivity index (χ1n) is 10.8. The Morgan fingerprint density at radius 3 is 2.51 bits per heavy atom. The maximum Gasteiger partial charge on any atom is 0.259 e. The van der Waals surface area contributed by atoms with Gasteiger partial charge in [0.1, 0.15) is 27.9 Å². The van der Waals surface area contributed by atoms with Gasteiger partial charge in [-0.15, -0.1) is 0 Å². The van der Waals surface area contributed by atoms with E-state index in [2.05, 4.69) is 26.3 Å². The molecule has 0 aliphatic rings. The molecular weight excluding hydrogens is 508 g/mol. The highest BCUT2D eigenvalue weighted by Gasteiger charge is 2.20. The summed E-state index contributed by atoms with van der Waals surface area (Å²) in [7, 11) is 1.48. The predicted octanol–water partition coefficient (Wildman–Crippen LogP) is 6.08. The third-order valence-electron chi connectivity index (χ3n) is 5.45. The Kier molecular flexibility index (Phi) is 6.48. The molecule has 0 saturated carbocycles. The lowest BCUT2D eigenvalue weighted by Crippen LogP contribution is -2.14. The van der Waals surface area contributed by atoms with E-state index < -0.39 is 5.91 Å². The fourth-order valence-corrected chi connectivity index (χ4v) is 4.65. The van der Waals surface area contributed by atoms with E-state index in [9.17, 15) is 15.3 Å². The van der Waals surface area contributed by atoms with Crippen LogP contribution in [0, 0.1) is 22.7 Å². The SMILES string of the molecule is COc1ccc(C#N)cc1-c1nc(C#N)ccc1C(=O)Nc1nc2ccc(-c3ccc(Cl)cc3)nc2s1. The number of nitrogens with zero attached hydrogens (tertiary/aromatic N) is 5. The number of carbonyl (C=O) groups excluding carboxylic acids is 1. The molecule has 5 aromatic rings. The average Bonchev–Trinajstić information content (AvgIpc) is 3.34. The summed E-state index contributed by atoms with van der Waals surface area (Å²) in [5.41, 5.74) is 3.62. The van der Waals surface area contributed by atoms with Crippen molar-refractivity contribution in [1.82, 2.24) is 15.0 Å². The molecule has 8 nitrogen and oxygen atoms in total. The van der Waals surface area contributed by atoms with Crippen LogP contribution in [-0.2, 0) is 0 Å². The number of rotatable bonds is 5. The summed E-state index contributed by atoms with van der Waals surface area (Å²) in [5, 5.41) is 22.5. The van der Waals surface area contributed by atoms with Gasteiger partial charge < -0.3 is 4.74 Å². The number of benzene rings is 2. The summed E-state index contributed by atoms with van der Waals surface area (Å²) < 4.78 is 5.43. The number of methoxy groups -OCH3 is 1. The van der Waals surface area contributed by atoms with E-state index in [4.69, 9.17) is 16.3 Å². The number of fused-ring (bicyclic) bond motifs is 1. The van der Waals surface area contributed by atoms with Gasteiger partial charge in [0.25, 0.3) is 5.91 Å². The number of hydrogen-bond acceptors (Lipinski definition) is 8. The molecular formula is C27H15ClN6O2S. The minimum absolute atomic E-state index is 0.120. The van der Waals surface area contributed by atoms with Crippen molar-refractivity contribution in [3.8, 4) is 40.4 Å². The molecule has 5 rings (SSSR count). The van der Waals surface area contributed by atoms with E-state index >= 15 is 0 Å². The first kappa shape index (κ1) is 23.9. The zero-order valence-corrected chi connectivity index (χ0v) is 20.8. The molecule has 10 heteroatoms. The van der Waals surface area contributed by atoms with Gasteiger partial charge >= 0.3 is 0 Å². The molecule has 0 radical (unpaired) electrons. The number of hydrogen-bond donors (Lipinski definition) is 1. The molecule has 1 N–H and O–H groups in total. The van der Waals surface area contributed by atoms with Gasteiger partial charge in [-0.2, -0.15) is 10.5 Å². The van der Waals surface area contributed by atoms with E-state index in [1.165, 1.54) is 30.6 Å². The van der Waals surface area contributed by atoms with Crippen LogP contribution < -0.4 is 10.1 Å². The minimum atomic E-state index is -0.478. The monoisotopic (exact) mass is 522 g/mol. The first-order valence-corrected chi connectivity index (χ1v) is 12.0. The highest BCUT2D eigenvalue weighted by atomic mass is 35.5. The Labute approximate surface area is 220 Å². The Balaban J connectivity index is 1.51. The van der Waals surface area contributed by atoms with Crippen molar-refractivity contribution in [2.75, 3.05) is 12.4 Å². The molecule has 0 unspecified atom stereocenters. The van der Waals surface area contributed by atoms with Gasteiger partial charge in [-0.3, -0.25) is 10.1 Å². The van der Waals surface area contributed by atoms with Crippen LogP contribution in [0.5, 0.6) is 5.75 Å². The Bertz CT molecular complexity index is 1750. The van der Waals surface area contributed by atoms with Crippen molar-refractivity contribution < 1.29 is 9.53 Å². The van der Waals surface area contributed by atoms with Crippen molar-refractivity contribution in [1.29, 1.82) is 10.5 Å². The molecule has 3 heterocycles. The van der Waals surface area contributed by atoms with Crippen LogP contribution in [0.15, 0.2) is 66.7 Å². The molecule has 0 spiro atoms. The van der Waals surface area contributed by atoms with E-state index in [-0.39, 0.29) is 17.0 Å². The van der Waals surface area contributed by atoms with Crippen LogP contribution in [0.2, 0.25) is 5.02 Å². The maximum absolute atomic E-state index is 13.4. The standard InChI is InChI=1S/C27H15ClN6O2S/c1-36-23-11-2-15(13-29)12-20(23)24-19(8-7-18(14-30)31-24)25(35)34-27-33-22-10-9-21(32-26(22)37-27)16-3-5-17(28)6-4-16/h2-12H,1H3,(H,33,34,35). The summed E-state index contributed by atoms with van der Waals surface area (Å²) in [6.45, 7) is 0. The Morgan fingerprint density at radius 1 is 0.973 bits per heavy atom. The van der Waals surface area contributed by atoms with Gasteiger partial charge in [0.05, 0.1) is 35.7 Å². The van der Waals surface area contributed by atoms with Crippen molar-refractivity contribution in [2.24, 2.45) is 0 Å². The zero-order valence-electron chi connectivity index (χ0n) is 19.2. The largest absolute Gasteiger partial charge is 0.496 e. The molecule has 1 amide bonds. The number of amides is 1. The van der Waals surface area contributed by atoms with Gasteiger partial charge in [0.2, 0.25) is 0 Å². The van der Waals surface area contributed by atoms with Gasteiger partial charge in [0.15, 0.2) is 5.13 Å². The summed E-state index contributed by atoms with van der Waals surface area (Å²) in [6.07, 6.45) is 0. The molecule has 37 heavy (non-hydrogen) atoms. The molecule has 0 fully saturated rings. The number of halogens is 1.